The Labute approximate surface area is 188 Å². The molecule has 1 atom stereocenters. The molecule has 0 radical (unpaired) electrons. The zero-order chi connectivity index (χ0) is 24.2. The van der Waals surface area contributed by atoms with E-state index in [1.165, 1.54) is 19.1 Å². The van der Waals surface area contributed by atoms with Crippen LogP contribution in [-0.4, -0.2) is 39.4 Å². The highest BCUT2D eigenvalue weighted by Gasteiger charge is 2.26. The third-order valence-electron chi connectivity index (χ3n) is 5.43. The van der Waals surface area contributed by atoms with E-state index in [9.17, 15) is 22.4 Å². The van der Waals surface area contributed by atoms with E-state index < -0.39 is 33.7 Å². The molecule has 174 valence electrons. The van der Waals surface area contributed by atoms with Crippen LogP contribution >= 0.6 is 0 Å². The molecular formula is C23H30FN3O4S. The van der Waals surface area contributed by atoms with Gasteiger partial charge < -0.3 is 10.6 Å². The maximum absolute atomic E-state index is 13.6. The predicted molar refractivity (Wildman–Crippen MR) is 122 cm³/mol. The first-order chi connectivity index (χ1) is 14.8. The predicted octanol–water partition coefficient (Wildman–Crippen LogP) is 2.58. The SMILES string of the molecule is Cc1ccc(C(=O)NCCNC(=O)[C@H](C)NS(=O)(=O)c2c(C)c(C)cc(C)c2C)cc1F. The van der Waals surface area contributed by atoms with Gasteiger partial charge in [0.2, 0.25) is 15.9 Å². The van der Waals surface area contributed by atoms with Crippen molar-refractivity contribution in [1.29, 1.82) is 0 Å². The lowest BCUT2D eigenvalue weighted by Crippen LogP contribution is -2.46. The van der Waals surface area contributed by atoms with Crippen LogP contribution in [0.2, 0.25) is 0 Å². The Balaban J connectivity index is 1.93. The van der Waals surface area contributed by atoms with Gasteiger partial charge in [0.1, 0.15) is 5.82 Å². The first-order valence-electron chi connectivity index (χ1n) is 10.3. The van der Waals surface area contributed by atoms with Crippen LogP contribution in [0.3, 0.4) is 0 Å². The molecule has 2 amide bonds. The summed E-state index contributed by atoms with van der Waals surface area (Å²) < 4.78 is 41.9. The molecule has 2 aromatic carbocycles. The van der Waals surface area contributed by atoms with Crippen molar-refractivity contribution < 1.29 is 22.4 Å². The van der Waals surface area contributed by atoms with Gasteiger partial charge in [-0.25, -0.2) is 12.8 Å². The van der Waals surface area contributed by atoms with Crippen LogP contribution in [0.15, 0.2) is 29.2 Å². The Kier molecular flexibility index (Phi) is 8.14. The molecule has 0 saturated carbocycles. The quantitative estimate of drug-likeness (QED) is 0.524. The van der Waals surface area contributed by atoms with E-state index >= 15 is 0 Å². The van der Waals surface area contributed by atoms with Gasteiger partial charge in [-0.05, 0) is 81.5 Å². The molecule has 0 aliphatic carbocycles. The number of benzene rings is 2. The molecule has 2 rings (SSSR count). The highest BCUT2D eigenvalue weighted by Crippen LogP contribution is 2.26. The number of hydrogen-bond donors (Lipinski definition) is 3. The normalized spacial score (nSPS) is 12.3. The van der Waals surface area contributed by atoms with Gasteiger partial charge in [0.25, 0.3) is 5.91 Å². The van der Waals surface area contributed by atoms with Crippen molar-refractivity contribution in [3.05, 3.63) is 63.5 Å². The number of nitrogens with one attached hydrogen (secondary N) is 3. The lowest BCUT2D eigenvalue weighted by molar-refractivity contribution is -0.122. The first-order valence-corrected chi connectivity index (χ1v) is 11.7. The first kappa shape index (κ1) is 25.5. The maximum atomic E-state index is 13.6. The van der Waals surface area contributed by atoms with Crippen LogP contribution in [0.5, 0.6) is 0 Å². The van der Waals surface area contributed by atoms with E-state index in [-0.39, 0.29) is 23.5 Å². The number of halogens is 1. The van der Waals surface area contributed by atoms with E-state index in [2.05, 4.69) is 15.4 Å². The minimum absolute atomic E-state index is 0.0899. The number of aryl methyl sites for hydroxylation is 3. The van der Waals surface area contributed by atoms with Crippen molar-refractivity contribution in [1.82, 2.24) is 15.4 Å². The summed E-state index contributed by atoms with van der Waals surface area (Å²) in [5, 5.41) is 5.16. The Morgan fingerprint density at radius 3 is 2.03 bits per heavy atom. The second-order valence-corrected chi connectivity index (χ2v) is 9.59. The topological polar surface area (TPSA) is 104 Å². The lowest BCUT2D eigenvalue weighted by atomic mass is 10.0. The highest BCUT2D eigenvalue weighted by molar-refractivity contribution is 7.89. The zero-order valence-corrected chi connectivity index (χ0v) is 20.0. The largest absolute Gasteiger partial charge is 0.353 e. The average Bonchev–Trinajstić information content (AvgIpc) is 2.71. The van der Waals surface area contributed by atoms with Gasteiger partial charge in [-0.15, -0.1) is 0 Å². The Hall–Kier alpha value is -2.78. The third kappa shape index (κ3) is 5.92. The molecular weight excluding hydrogens is 433 g/mol. The molecule has 0 unspecified atom stereocenters. The smallest absolute Gasteiger partial charge is 0.251 e. The Bertz CT molecular complexity index is 1120. The summed E-state index contributed by atoms with van der Waals surface area (Å²) in [5.41, 5.74) is 3.62. The highest BCUT2D eigenvalue weighted by atomic mass is 32.2. The molecule has 9 heteroatoms. The maximum Gasteiger partial charge on any atom is 0.251 e. The third-order valence-corrected chi connectivity index (χ3v) is 7.25. The molecule has 0 spiro atoms. The van der Waals surface area contributed by atoms with Crippen LogP contribution in [0, 0.1) is 40.4 Å². The van der Waals surface area contributed by atoms with Crippen LogP contribution in [0.25, 0.3) is 0 Å². The summed E-state index contributed by atoms with van der Waals surface area (Å²) in [4.78, 5) is 24.6. The molecule has 7 nitrogen and oxygen atoms in total. The fourth-order valence-corrected chi connectivity index (χ4v) is 5.10. The van der Waals surface area contributed by atoms with Gasteiger partial charge in [0.15, 0.2) is 0 Å². The van der Waals surface area contributed by atoms with Crippen molar-refractivity contribution in [3.63, 3.8) is 0 Å². The minimum atomic E-state index is -3.91. The second-order valence-electron chi connectivity index (χ2n) is 7.94. The van der Waals surface area contributed by atoms with Gasteiger partial charge >= 0.3 is 0 Å². The molecule has 0 aliphatic heterocycles. The molecule has 32 heavy (non-hydrogen) atoms. The molecule has 0 heterocycles. The number of rotatable bonds is 8. The molecule has 3 N–H and O–H groups in total. The van der Waals surface area contributed by atoms with E-state index in [4.69, 9.17) is 0 Å². The van der Waals surface area contributed by atoms with Crippen LogP contribution in [0.1, 0.15) is 45.1 Å². The van der Waals surface area contributed by atoms with Crippen molar-refractivity contribution in [2.75, 3.05) is 13.1 Å². The number of carbonyl (C=O) groups excluding carboxylic acids is 2. The van der Waals surface area contributed by atoms with Crippen LogP contribution in [-0.2, 0) is 14.8 Å². The van der Waals surface area contributed by atoms with E-state index in [1.54, 1.807) is 20.8 Å². The minimum Gasteiger partial charge on any atom is -0.353 e. The van der Waals surface area contributed by atoms with Gasteiger partial charge in [-0.3, -0.25) is 9.59 Å². The van der Waals surface area contributed by atoms with Gasteiger partial charge in [0.05, 0.1) is 10.9 Å². The van der Waals surface area contributed by atoms with Crippen LogP contribution in [0.4, 0.5) is 4.39 Å². The molecule has 2 aromatic rings. The van der Waals surface area contributed by atoms with Crippen molar-refractivity contribution >= 4 is 21.8 Å². The molecule has 0 bridgehead atoms. The lowest BCUT2D eigenvalue weighted by Gasteiger charge is -2.19. The number of amides is 2. The fourth-order valence-electron chi connectivity index (χ4n) is 3.28. The van der Waals surface area contributed by atoms with E-state index in [0.717, 1.165) is 17.2 Å². The zero-order valence-electron chi connectivity index (χ0n) is 19.2. The second kappa shape index (κ2) is 10.2. The molecule has 0 fully saturated rings. The average molecular weight is 464 g/mol. The van der Waals surface area contributed by atoms with E-state index in [0.29, 0.717) is 16.7 Å². The van der Waals surface area contributed by atoms with Gasteiger partial charge in [-0.2, -0.15) is 4.72 Å². The monoisotopic (exact) mass is 463 g/mol. The van der Waals surface area contributed by atoms with Crippen molar-refractivity contribution in [2.45, 2.75) is 52.5 Å². The molecule has 0 aromatic heterocycles. The molecule has 0 aliphatic rings. The van der Waals surface area contributed by atoms with Gasteiger partial charge in [-0.1, -0.05) is 12.1 Å². The van der Waals surface area contributed by atoms with Crippen molar-refractivity contribution in [3.8, 4) is 0 Å². The number of hydrogen-bond acceptors (Lipinski definition) is 4. The summed E-state index contributed by atoms with van der Waals surface area (Å²) in [6, 6.07) is 5.09. The summed E-state index contributed by atoms with van der Waals surface area (Å²) in [6.45, 7) is 10.4. The fraction of sp³-hybridized carbons (Fsp3) is 0.391. The number of carbonyl (C=O) groups is 2. The van der Waals surface area contributed by atoms with Crippen molar-refractivity contribution in [2.24, 2.45) is 0 Å². The van der Waals surface area contributed by atoms with E-state index in [1.807, 2.05) is 19.9 Å². The summed E-state index contributed by atoms with van der Waals surface area (Å²) in [7, 11) is -3.91. The van der Waals surface area contributed by atoms with Crippen LogP contribution < -0.4 is 15.4 Å². The standard InChI is InChI=1S/C23H30FN3O4S/c1-13-7-8-19(12-20(13)24)23(29)26-10-9-25-22(28)18(6)27-32(30,31)21-16(4)14(2)11-15(3)17(21)5/h7-8,11-12,18,27H,9-10H2,1-6H3,(H,25,28)(H,26,29)/t18-/m0/s1. The Morgan fingerprint density at radius 1 is 0.906 bits per heavy atom. The summed E-state index contributed by atoms with van der Waals surface area (Å²) >= 11 is 0. The number of sulfonamides is 1. The molecule has 0 saturated heterocycles. The Morgan fingerprint density at radius 2 is 1.47 bits per heavy atom. The van der Waals surface area contributed by atoms with Gasteiger partial charge in [0, 0.05) is 18.7 Å². The summed E-state index contributed by atoms with van der Waals surface area (Å²) in [5.74, 6) is -1.46. The summed E-state index contributed by atoms with van der Waals surface area (Å²) in [6.07, 6.45) is 0.